The van der Waals surface area contributed by atoms with Crippen LogP contribution in [0.3, 0.4) is 0 Å². The molecule has 158 valence electrons. The molecule has 0 unspecified atom stereocenters. The first-order chi connectivity index (χ1) is 14.2. The van der Waals surface area contributed by atoms with Crippen molar-refractivity contribution in [2.45, 2.75) is 19.6 Å². The first-order valence-electron chi connectivity index (χ1n) is 8.95. The normalized spacial score (nSPS) is 17.0. The summed E-state index contributed by atoms with van der Waals surface area (Å²) in [7, 11) is 1.81. The predicted octanol–water partition coefficient (Wildman–Crippen LogP) is 3.71. The van der Waals surface area contributed by atoms with Crippen LogP contribution in [0.15, 0.2) is 35.1 Å². The van der Waals surface area contributed by atoms with Gasteiger partial charge in [0, 0.05) is 13.2 Å². The third kappa shape index (κ3) is 3.67. The van der Waals surface area contributed by atoms with Crippen molar-refractivity contribution >= 4 is 35.0 Å². The lowest BCUT2D eigenvalue weighted by molar-refractivity contribution is -0.141. The Morgan fingerprint density at radius 3 is 2.67 bits per heavy atom. The molecule has 2 aromatic heterocycles. The van der Waals surface area contributed by atoms with E-state index in [1.807, 2.05) is 24.9 Å². The van der Waals surface area contributed by atoms with E-state index in [2.05, 4.69) is 15.3 Å². The largest absolute Gasteiger partial charge is 0.435 e. The van der Waals surface area contributed by atoms with Crippen LogP contribution in [0.1, 0.15) is 28.7 Å². The quantitative estimate of drug-likeness (QED) is 0.698. The molecule has 30 heavy (non-hydrogen) atoms. The Bertz CT molecular complexity index is 1080. The monoisotopic (exact) mass is 456 g/mol. The molecule has 0 bridgehead atoms. The standard InChI is InChI=1S/C18H16ClF3N6OS/c1-3-30-13-6-10(28-5-4-15(19)25-28)8-26(2)16(13)27-9-12-11(17(27)29)7-14(24-23-12)18(20,21)22/h4-7H,3,8-9H2,1-2H3. The average molecular weight is 457 g/mol. The van der Waals surface area contributed by atoms with Crippen molar-refractivity contribution in [2.24, 2.45) is 0 Å². The lowest BCUT2D eigenvalue weighted by atomic mass is 10.2. The number of thioether (sulfide) groups is 1. The maximum Gasteiger partial charge on any atom is 0.435 e. The molecule has 12 heteroatoms. The van der Waals surface area contributed by atoms with Crippen molar-refractivity contribution in [3.8, 4) is 0 Å². The number of hydrogen-bond donors (Lipinski definition) is 0. The van der Waals surface area contributed by atoms with Crippen LogP contribution in [0.2, 0.25) is 5.15 Å². The van der Waals surface area contributed by atoms with Crippen molar-refractivity contribution in [1.82, 2.24) is 29.8 Å². The highest BCUT2D eigenvalue weighted by Gasteiger charge is 2.40. The number of aromatic nitrogens is 4. The summed E-state index contributed by atoms with van der Waals surface area (Å²) in [6, 6.07) is 2.44. The van der Waals surface area contributed by atoms with Crippen LogP contribution < -0.4 is 0 Å². The molecule has 0 N–H and O–H groups in total. The van der Waals surface area contributed by atoms with E-state index >= 15 is 0 Å². The number of halogens is 4. The lowest BCUT2D eigenvalue weighted by Crippen LogP contribution is -2.37. The highest BCUT2D eigenvalue weighted by atomic mass is 35.5. The van der Waals surface area contributed by atoms with Gasteiger partial charge in [-0.15, -0.1) is 16.9 Å². The number of likely N-dealkylation sites (N-methyl/N-ethyl adjacent to an activating group) is 1. The third-order valence-electron chi connectivity index (χ3n) is 4.63. The first kappa shape index (κ1) is 20.7. The number of alkyl halides is 3. The smallest absolute Gasteiger partial charge is 0.354 e. The van der Waals surface area contributed by atoms with E-state index in [9.17, 15) is 18.0 Å². The molecule has 0 atom stereocenters. The fourth-order valence-electron chi connectivity index (χ4n) is 3.36. The van der Waals surface area contributed by atoms with Crippen LogP contribution in [-0.2, 0) is 12.7 Å². The van der Waals surface area contributed by atoms with Crippen molar-refractivity contribution in [1.29, 1.82) is 0 Å². The van der Waals surface area contributed by atoms with E-state index < -0.39 is 17.8 Å². The maximum atomic E-state index is 13.0. The summed E-state index contributed by atoms with van der Waals surface area (Å²) in [6.45, 7) is 2.47. The van der Waals surface area contributed by atoms with Crippen LogP contribution in [0.25, 0.3) is 5.70 Å². The Morgan fingerprint density at radius 1 is 1.27 bits per heavy atom. The lowest BCUT2D eigenvalue weighted by Gasteiger charge is -2.34. The van der Waals surface area contributed by atoms with E-state index in [1.165, 1.54) is 16.7 Å². The van der Waals surface area contributed by atoms with Gasteiger partial charge < -0.3 is 4.90 Å². The summed E-state index contributed by atoms with van der Waals surface area (Å²) >= 11 is 7.45. The Labute approximate surface area is 179 Å². The maximum absolute atomic E-state index is 13.0. The van der Waals surface area contributed by atoms with E-state index in [4.69, 9.17) is 11.6 Å². The highest BCUT2D eigenvalue weighted by molar-refractivity contribution is 8.03. The molecular weight excluding hydrogens is 441 g/mol. The third-order valence-corrected chi connectivity index (χ3v) is 5.73. The van der Waals surface area contributed by atoms with E-state index in [-0.39, 0.29) is 17.8 Å². The Balaban J connectivity index is 1.74. The molecule has 0 aliphatic carbocycles. The molecule has 4 rings (SSSR count). The van der Waals surface area contributed by atoms with Crippen molar-refractivity contribution < 1.29 is 18.0 Å². The van der Waals surface area contributed by atoms with Gasteiger partial charge in [0.25, 0.3) is 5.91 Å². The van der Waals surface area contributed by atoms with Gasteiger partial charge in [0.1, 0.15) is 5.82 Å². The molecule has 4 heterocycles. The fourth-order valence-corrected chi connectivity index (χ4v) is 4.43. The number of nitrogens with zero attached hydrogens (tertiary/aromatic N) is 6. The van der Waals surface area contributed by atoms with Crippen LogP contribution in [0.5, 0.6) is 0 Å². The summed E-state index contributed by atoms with van der Waals surface area (Å²) in [5.41, 5.74) is -0.174. The number of rotatable bonds is 4. The molecule has 0 spiro atoms. The second kappa shape index (κ2) is 7.62. The van der Waals surface area contributed by atoms with Crippen LogP contribution in [0, 0.1) is 0 Å². The topological polar surface area (TPSA) is 67.2 Å². The Kier molecular flexibility index (Phi) is 5.27. The second-order valence-corrected chi connectivity index (χ2v) is 8.37. The number of hydrogen-bond acceptors (Lipinski definition) is 6. The highest BCUT2D eigenvalue weighted by Crippen LogP contribution is 2.37. The predicted molar refractivity (Wildman–Crippen MR) is 106 cm³/mol. The van der Waals surface area contributed by atoms with Crippen LogP contribution in [-0.4, -0.2) is 55.0 Å². The molecule has 7 nitrogen and oxygen atoms in total. The summed E-state index contributed by atoms with van der Waals surface area (Å²) < 4.78 is 40.6. The summed E-state index contributed by atoms with van der Waals surface area (Å²) in [5.74, 6) is 0.824. The van der Waals surface area contributed by atoms with Crippen LogP contribution >= 0.6 is 23.4 Å². The van der Waals surface area contributed by atoms with Gasteiger partial charge in [0.15, 0.2) is 10.8 Å². The number of allylic oxidation sites excluding steroid dienone is 1. The molecular formula is C18H16ClF3N6OS. The van der Waals surface area contributed by atoms with Gasteiger partial charge in [-0.2, -0.15) is 23.4 Å². The molecule has 0 saturated heterocycles. The average Bonchev–Trinajstić information content (AvgIpc) is 3.25. The Morgan fingerprint density at radius 2 is 2.03 bits per heavy atom. The summed E-state index contributed by atoms with van der Waals surface area (Å²) in [6.07, 6.45) is -1.01. The minimum Gasteiger partial charge on any atom is -0.354 e. The fraction of sp³-hybridized carbons (Fsp3) is 0.333. The van der Waals surface area contributed by atoms with Gasteiger partial charge in [0.05, 0.1) is 34.9 Å². The van der Waals surface area contributed by atoms with Gasteiger partial charge >= 0.3 is 6.18 Å². The van der Waals surface area contributed by atoms with E-state index in [0.29, 0.717) is 17.5 Å². The molecule has 0 radical (unpaired) electrons. The molecule has 0 fully saturated rings. The molecule has 1 amide bonds. The molecule has 0 aromatic carbocycles. The van der Waals surface area contributed by atoms with E-state index in [1.54, 1.807) is 16.9 Å². The van der Waals surface area contributed by atoms with Crippen molar-refractivity contribution in [2.75, 3.05) is 19.3 Å². The number of amides is 1. The van der Waals surface area contributed by atoms with E-state index in [0.717, 1.165) is 22.4 Å². The minimum atomic E-state index is -4.66. The first-order valence-corrected chi connectivity index (χ1v) is 10.3. The molecule has 2 aliphatic rings. The van der Waals surface area contributed by atoms with Gasteiger partial charge in [-0.05, 0) is 24.0 Å². The van der Waals surface area contributed by atoms with Crippen molar-refractivity contribution in [3.05, 3.63) is 57.2 Å². The summed E-state index contributed by atoms with van der Waals surface area (Å²) in [5, 5.41) is 11.5. The Hall–Kier alpha value is -2.53. The number of carbonyl (C=O) groups excluding carboxylic acids is 1. The SMILES string of the molecule is CCSC1=C(N2Cc3nnc(C(F)(F)F)cc3C2=O)N(C)CC(n2ccc(Cl)n2)=C1. The summed E-state index contributed by atoms with van der Waals surface area (Å²) in [4.78, 5) is 17.1. The van der Waals surface area contributed by atoms with Gasteiger partial charge in [-0.1, -0.05) is 18.5 Å². The zero-order chi connectivity index (χ0) is 21.6. The van der Waals surface area contributed by atoms with Gasteiger partial charge in [0.2, 0.25) is 0 Å². The number of fused-ring (bicyclic) bond motifs is 1. The molecule has 0 saturated carbocycles. The van der Waals surface area contributed by atoms with Gasteiger partial charge in [-0.3, -0.25) is 9.69 Å². The molecule has 2 aromatic rings. The van der Waals surface area contributed by atoms with Crippen molar-refractivity contribution in [3.63, 3.8) is 0 Å². The minimum absolute atomic E-state index is 0.0591. The number of carbonyl (C=O) groups is 1. The second-order valence-electron chi connectivity index (χ2n) is 6.67. The zero-order valence-corrected chi connectivity index (χ0v) is 17.5. The van der Waals surface area contributed by atoms with Gasteiger partial charge in [-0.25, -0.2) is 4.68 Å². The molecule has 2 aliphatic heterocycles. The van der Waals surface area contributed by atoms with Crippen LogP contribution in [0.4, 0.5) is 13.2 Å². The zero-order valence-electron chi connectivity index (χ0n) is 15.9.